The van der Waals surface area contributed by atoms with E-state index in [-0.39, 0.29) is 17.9 Å². The van der Waals surface area contributed by atoms with Gasteiger partial charge in [-0.3, -0.25) is 14.6 Å². The third kappa shape index (κ3) is 3.66. The van der Waals surface area contributed by atoms with E-state index in [1.807, 2.05) is 43.3 Å². The summed E-state index contributed by atoms with van der Waals surface area (Å²) in [5.74, 6) is -1.48. The number of amides is 1. The zero-order valence-electron chi connectivity index (χ0n) is 16.2. The summed E-state index contributed by atoms with van der Waals surface area (Å²) in [5, 5.41) is 11.1. The van der Waals surface area contributed by atoms with Crippen LogP contribution in [0.4, 0.5) is 0 Å². The predicted octanol–water partition coefficient (Wildman–Crippen LogP) is 4.77. The number of rotatable bonds is 4. The molecule has 2 heterocycles. The summed E-state index contributed by atoms with van der Waals surface area (Å²) < 4.78 is 0.900. The standard InChI is InChI=1S/C24H19BrN2O3/c1-15-13-18(7-8-19(15)25)22(28)20-21(17-5-3-2-4-6-17)27(24(30)23(20)29)14-16-9-11-26-12-10-16/h2-13,21,28H,14H2,1H3/b22-20-. The van der Waals surface area contributed by atoms with Gasteiger partial charge in [0.05, 0.1) is 11.6 Å². The molecule has 1 saturated heterocycles. The van der Waals surface area contributed by atoms with Crippen LogP contribution < -0.4 is 0 Å². The van der Waals surface area contributed by atoms with Gasteiger partial charge in [-0.1, -0.05) is 52.3 Å². The van der Waals surface area contributed by atoms with E-state index in [1.54, 1.807) is 36.7 Å². The predicted molar refractivity (Wildman–Crippen MR) is 117 cm³/mol. The highest BCUT2D eigenvalue weighted by atomic mass is 79.9. The van der Waals surface area contributed by atoms with E-state index in [4.69, 9.17) is 0 Å². The average molecular weight is 463 g/mol. The molecule has 0 radical (unpaired) electrons. The van der Waals surface area contributed by atoms with E-state index < -0.39 is 17.7 Å². The second kappa shape index (κ2) is 8.24. The highest BCUT2D eigenvalue weighted by Crippen LogP contribution is 2.40. The van der Waals surface area contributed by atoms with Crippen molar-refractivity contribution in [2.75, 3.05) is 0 Å². The Kier molecular flexibility index (Phi) is 5.50. The van der Waals surface area contributed by atoms with E-state index >= 15 is 0 Å². The first-order valence-corrected chi connectivity index (χ1v) is 10.3. The molecule has 5 nitrogen and oxygen atoms in total. The molecule has 2 aromatic carbocycles. The van der Waals surface area contributed by atoms with Gasteiger partial charge in [0, 0.05) is 29.0 Å². The molecule has 0 saturated carbocycles. The number of Topliss-reactive ketones (excluding diaryl/α,β-unsaturated/α-hetero) is 1. The monoisotopic (exact) mass is 462 g/mol. The van der Waals surface area contributed by atoms with E-state index in [0.717, 1.165) is 21.2 Å². The van der Waals surface area contributed by atoms with Crippen LogP contribution in [0.1, 0.15) is 28.3 Å². The van der Waals surface area contributed by atoms with Crippen LogP contribution in [0, 0.1) is 6.92 Å². The van der Waals surface area contributed by atoms with Crippen LogP contribution in [0.3, 0.4) is 0 Å². The van der Waals surface area contributed by atoms with E-state index in [1.165, 1.54) is 4.90 Å². The fourth-order valence-electron chi connectivity index (χ4n) is 3.66. The normalized spacial score (nSPS) is 18.1. The molecule has 1 unspecified atom stereocenters. The summed E-state index contributed by atoms with van der Waals surface area (Å²) in [4.78, 5) is 31.5. The van der Waals surface area contributed by atoms with Crippen molar-refractivity contribution in [1.29, 1.82) is 0 Å². The number of carbonyl (C=O) groups excluding carboxylic acids is 2. The molecule has 1 N–H and O–H groups in total. The summed E-state index contributed by atoms with van der Waals surface area (Å²) in [6.07, 6.45) is 3.29. The smallest absolute Gasteiger partial charge is 0.295 e. The number of aromatic nitrogens is 1. The quantitative estimate of drug-likeness (QED) is 0.344. The lowest BCUT2D eigenvalue weighted by atomic mass is 9.95. The second-order valence-electron chi connectivity index (χ2n) is 7.16. The Morgan fingerprint density at radius 2 is 1.77 bits per heavy atom. The third-order valence-electron chi connectivity index (χ3n) is 5.19. The van der Waals surface area contributed by atoms with Gasteiger partial charge in [-0.25, -0.2) is 0 Å². The molecule has 1 aliphatic rings. The van der Waals surface area contributed by atoms with Gasteiger partial charge in [0.15, 0.2) is 0 Å². The van der Waals surface area contributed by atoms with Gasteiger partial charge < -0.3 is 10.0 Å². The molecule has 3 aromatic rings. The lowest BCUT2D eigenvalue weighted by Gasteiger charge is -2.25. The number of carbonyl (C=O) groups is 2. The molecule has 30 heavy (non-hydrogen) atoms. The first-order chi connectivity index (χ1) is 14.5. The minimum Gasteiger partial charge on any atom is -0.507 e. The molecule has 1 aromatic heterocycles. The fraction of sp³-hybridized carbons (Fsp3) is 0.125. The third-order valence-corrected chi connectivity index (χ3v) is 6.08. The topological polar surface area (TPSA) is 70.5 Å². The summed E-state index contributed by atoms with van der Waals surface area (Å²) in [5.41, 5.74) is 3.13. The summed E-state index contributed by atoms with van der Waals surface area (Å²) in [6, 6.07) is 17.6. The van der Waals surface area contributed by atoms with Crippen molar-refractivity contribution in [1.82, 2.24) is 9.88 Å². The van der Waals surface area contributed by atoms with E-state index in [2.05, 4.69) is 20.9 Å². The molecule has 150 valence electrons. The molecule has 1 amide bonds. The number of pyridine rings is 1. The Labute approximate surface area is 182 Å². The molecule has 0 aliphatic carbocycles. The SMILES string of the molecule is Cc1cc(/C(O)=C2/C(=O)C(=O)N(Cc3ccncc3)C2c2ccccc2)ccc1Br. The molecule has 0 spiro atoms. The van der Waals surface area contributed by atoms with Crippen LogP contribution in [0.25, 0.3) is 5.76 Å². The maximum absolute atomic E-state index is 13.0. The van der Waals surface area contributed by atoms with Gasteiger partial charge in [-0.15, -0.1) is 0 Å². The van der Waals surface area contributed by atoms with Crippen molar-refractivity contribution in [3.05, 3.63) is 105 Å². The van der Waals surface area contributed by atoms with Crippen LogP contribution in [-0.4, -0.2) is 26.7 Å². The Morgan fingerprint density at radius 1 is 1.07 bits per heavy atom. The Balaban J connectivity index is 1.86. The van der Waals surface area contributed by atoms with Crippen molar-refractivity contribution in [3.8, 4) is 0 Å². The van der Waals surface area contributed by atoms with Crippen molar-refractivity contribution in [2.45, 2.75) is 19.5 Å². The lowest BCUT2D eigenvalue weighted by Crippen LogP contribution is -2.29. The van der Waals surface area contributed by atoms with Gasteiger partial charge in [-0.2, -0.15) is 0 Å². The number of nitrogens with zero attached hydrogens (tertiary/aromatic N) is 2. The first-order valence-electron chi connectivity index (χ1n) is 9.46. The molecular weight excluding hydrogens is 444 g/mol. The largest absolute Gasteiger partial charge is 0.507 e. The van der Waals surface area contributed by atoms with Crippen LogP contribution in [0.5, 0.6) is 0 Å². The van der Waals surface area contributed by atoms with Crippen LogP contribution in [-0.2, 0) is 16.1 Å². The second-order valence-corrected chi connectivity index (χ2v) is 8.01. The summed E-state index contributed by atoms with van der Waals surface area (Å²) in [6.45, 7) is 2.14. The molecule has 1 atom stereocenters. The Hall–Kier alpha value is -3.25. The summed E-state index contributed by atoms with van der Waals surface area (Å²) >= 11 is 3.45. The zero-order valence-corrected chi connectivity index (χ0v) is 17.8. The molecule has 6 heteroatoms. The van der Waals surface area contributed by atoms with Gasteiger partial charge in [0.2, 0.25) is 0 Å². The Morgan fingerprint density at radius 3 is 2.43 bits per heavy atom. The zero-order chi connectivity index (χ0) is 21.3. The summed E-state index contributed by atoms with van der Waals surface area (Å²) in [7, 11) is 0. The number of halogens is 1. The van der Waals surface area contributed by atoms with Gasteiger partial charge in [-0.05, 0) is 47.9 Å². The highest BCUT2D eigenvalue weighted by molar-refractivity contribution is 9.10. The van der Waals surface area contributed by atoms with E-state index in [0.29, 0.717) is 5.56 Å². The number of hydrogen-bond donors (Lipinski definition) is 1. The van der Waals surface area contributed by atoms with Gasteiger partial charge in [0.1, 0.15) is 5.76 Å². The van der Waals surface area contributed by atoms with Gasteiger partial charge in [0.25, 0.3) is 11.7 Å². The first kappa shape index (κ1) is 20.0. The highest BCUT2D eigenvalue weighted by Gasteiger charge is 2.46. The van der Waals surface area contributed by atoms with Crippen LogP contribution >= 0.6 is 15.9 Å². The number of benzene rings is 2. The fourth-order valence-corrected chi connectivity index (χ4v) is 3.90. The minimum atomic E-state index is -0.684. The average Bonchev–Trinajstić information content (AvgIpc) is 3.01. The van der Waals surface area contributed by atoms with Gasteiger partial charge >= 0.3 is 0 Å². The Bertz CT molecular complexity index is 1140. The maximum atomic E-state index is 13.0. The van der Waals surface area contributed by atoms with Crippen molar-refractivity contribution in [2.24, 2.45) is 0 Å². The van der Waals surface area contributed by atoms with Crippen molar-refractivity contribution < 1.29 is 14.7 Å². The number of aliphatic hydroxyl groups excluding tert-OH is 1. The lowest BCUT2D eigenvalue weighted by molar-refractivity contribution is -0.140. The molecular formula is C24H19BrN2O3. The van der Waals surface area contributed by atoms with E-state index in [9.17, 15) is 14.7 Å². The van der Waals surface area contributed by atoms with Crippen LogP contribution in [0.2, 0.25) is 0 Å². The van der Waals surface area contributed by atoms with Crippen molar-refractivity contribution in [3.63, 3.8) is 0 Å². The van der Waals surface area contributed by atoms with Crippen LogP contribution in [0.15, 0.2) is 83.1 Å². The number of aryl methyl sites for hydroxylation is 1. The molecule has 1 fully saturated rings. The number of ketones is 1. The molecule has 0 bridgehead atoms. The molecule has 1 aliphatic heterocycles. The maximum Gasteiger partial charge on any atom is 0.295 e. The number of hydrogen-bond acceptors (Lipinski definition) is 4. The molecule has 4 rings (SSSR count). The number of aliphatic hydroxyl groups is 1. The van der Waals surface area contributed by atoms with Crippen molar-refractivity contribution >= 4 is 33.4 Å². The minimum absolute atomic E-state index is 0.0991. The number of likely N-dealkylation sites (tertiary alicyclic amines) is 1.